The van der Waals surface area contributed by atoms with E-state index in [0.717, 1.165) is 6.07 Å². The Bertz CT molecular complexity index is 604. The van der Waals surface area contributed by atoms with Crippen LogP contribution < -0.4 is 0 Å². The number of hydrogen-bond acceptors (Lipinski definition) is 1. The maximum Gasteiger partial charge on any atom is 0.142 e. The molecule has 2 aromatic rings. The highest BCUT2D eigenvalue weighted by Crippen LogP contribution is 2.25. The van der Waals surface area contributed by atoms with Gasteiger partial charge in [0.2, 0.25) is 0 Å². The number of aliphatic hydroxyl groups is 1. The largest absolute Gasteiger partial charge is 0.388 e. The summed E-state index contributed by atoms with van der Waals surface area (Å²) in [7, 11) is 0. The molecular weight excluding hydrogens is 338 g/mol. The van der Waals surface area contributed by atoms with E-state index in [2.05, 4.69) is 15.9 Å². The predicted molar refractivity (Wildman–Crippen MR) is 74.2 cm³/mol. The fourth-order valence-corrected chi connectivity index (χ4v) is 2.18. The summed E-state index contributed by atoms with van der Waals surface area (Å²) in [6, 6.07) is 8.64. The van der Waals surface area contributed by atoms with Crippen molar-refractivity contribution in [3.63, 3.8) is 0 Å². The summed E-state index contributed by atoms with van der Waals surface area (Å²) >= 11 is 8.72. The van der Waals surface area contributed by atoms with Gasteiger partial charge in [0.05, 0.1) is 11.1 Å². The highest BCUT2D eigenvalue weighted by atomic mass is 79.9. The lowest BCUT2D eigenvalue weighted by molar-refractivity contribution is 0.176. The molecular formula is C14H10BrClF2O. The van der Waals surface area contributed by atoms with Crippen molar-refractivity contribution in [2.45, 2.75) is 12.5 Å². The Kier molecular flexibility index (Phi) is 4.55. The van der Waals surface area contributed by atoms with Crippen LogP contribution in [-0.4, -0.2) is 5.11 Å². The molecule has 0 saturated carbocycles. The molecule has 19 heavy (non-hydrogen) atoms. The van der Waals surface area contributed by atoms with Crippen LogP contribution in [0.15, 0.2) is 40.9 Å². The minimum Gasteiger partial charge on any atom is -0.388 e. The Morgan fingerprint density at radius 2 is 1.84 bits per heavy atom. The third-order valence-corrected chi connectivity index (χ3v) is 3.56. The molecule has 1 N–H and O–H groups in total. The molecule has 0 heterocycles. The third kappa shape index (κ3) is 3.53. The maximum absolute atomic E-state index is 13.6. The molecule has 1 atom stereocenters. The number of rotatable bonds is 3. The Morgan fingerprint density at radius 1 is 1.11 bits per heavy atom. The average molecular weight is 348 g/mol. The standard InChI is InChI=1S/C14H10BrClF2O/c15-10-3-1-8(12(17)7-10)6-14(19)9-2-4-11(16)13(18)5-9/h1-5,7,14,19H,6H2. The van der Waals surface area contributed by atoms with Crippen LogP contribution in [-0.2, 0) is 6.42 Å². The second kappa shape index (κ2) is 5.99. The zero-order valence-corrected chi connectivity index (χ0v) is 12.0. The quantitative estimate of drug-likeness (QED) is 0.856. The molecule has 100 valence electrons. The summed E-state index contributed by atoms with van der Waals surface area (Å²) in [5, 5.41) is 9.99. The van der Waals surface area contributed by atoms with Gasteiger partial charge in [-0.15, -0.1) is 0 Å². The molecule has 0 aliphatic rings. The van der Waals surface area contributed by atoms with E-state index in [-0.39, 0.29) is 11.4 Å². The van der Waals surface area contributed by atoms with Gasteiger partial charge in [0.1, 0.15) is 11.6 Å². The molecule has 5 heteroatoms. The number of hydrogen-bond donors (Lipinski definition) is 1. The lowest BCUT2D eigenvalue weighted by Crippen LogP contribution is -2.04. The van der Waals surface area contributed by atoms with E-state index < -0.39 is 17.7 Å². The predicted octanol–water partition coefficient (Wildman–Crippen LogP) is 4.66. The van der Waals surface area contributed by atoms with Crippen LogP contribution in [0.25, 0.3) is 0 Å². The van der Waals surface area contributed by atoms with Crippen LogP contribution in [0.3, 0.4) is 0 Å². The monoisotopic (exact) mass is 346 g/mol. The molecule has 0 aliphatic heterocycles. The van der Waals surface area contributed by atoms with Gasteiger partial charge in [-0.05, 0) is 35.4 Å². The van der Waals surface area contributed by atoms with Crippen molar-refractivity contribution in [1.29, 1.82) is 0 Å². The molecule has 0 amide bonds. The molecule has 2 rings (SSSR count). The van der Waals surface area contributed by atoms with Crippen LogP contribution in [0.2, 0.25) is 5.02 Å². The van der Waals surface area contributed by atoms with E-state index in [1.54, 1.807) is 12.1 Å². The normalized spacial score (nSPS) is 12.5. The lowest BCUT2D eigenvalue weighted by Gasteiger charge is -2.12. The average Bonchev–Trinajstić information content (AvgIpc) is 2.36. The van der Waals surface area contributed by atoms with Crippen molar-refractivity contribution >= 4 is 27.5 Å². The third-order valence-electron chi connectivity index (χ3n) is 2.76. The van der Waals surface area contributed by atoms with Crippen molar-refractivity contribution < 1.29 is 13.9 Å². The van der Waals surface area contributed by atoms with Crippen LogP contribution in [0.4, 0.5) is 8.78 Å². The van der Waals surface area contributed by atoms with Gasteiger partial charge in [-0.2, -0.15) is 0 Å². The molecule has 0 bridgehead atoms. The Morgan fingerprint density at radius 3 is 2.47 bits per heavy atom. The minimum atomic E-state index is -0.984. The molecule has 0 aromatic heterocycles. The van der Waals surface area contributed by atoms with E-state index in [4.69, 9.17) is 11.6 Å². The van der Waals surface area contributed by atoms with Gasteiger partial charge in [-0.25, -0.2) is 8.78 Å². The van der Waals surface area contributed by atoms with E-state index in [1.165, 1.54) is 18.2 Å². The van der Waals surface area contributed by atoms with Gasteiger partial charge in [0.15, 0.2) is 0 Å². The molecule has 0 radical (unpaired) electrons. The Labute approximate surface area is 123 Å². The highest BCUT2D eigenvalue weighted by molar-refractivity contribution is 9.10. The van der Waals surface area contributed by atoms with Gasteiger partial charge in [0, 0.05) is 10.9 Å². The van der Waals surface area contributed by atoms with Gasteiger partial charge in [-0.1, -0.05) is 39.7 Å². The zero-order chi connectivity index (χ0) is 14.0. The van der Waals surface area contributed by atoms with Crippen LogP contribution >= 0.6 is 27.5 Å². The second-order valence-corrected chi connectivity index (χ2v) is 5.45. The smallest absolute Gasteiger partial charge is 0.142 e. The maximum atomic E-state index is 13.6. The van der Waals surface area contributed by atoms with Gasteiger partial charge < -0.3 is 5.11 Å². The van der Waals surface area contributed by atoms with Crippen molar-refractivity contribution in [3.05, 3.63) is 68.7 Å². The Hall–Kier alpha value is -0.970. The van der Waals surface area contributed by atoms with E-state index in [0.29, 0.717) is 15.6 Å². The Balaban J connectivity index is 2.20. The van der Waals surface area contributed by atoms with Crippen molar-refractivity contribution in [2.24, 2.45) is 0 Å². The van der Waals surface area contributed by atoms with E-state index in [9.17, 15) is 13.9 Å². The minimum absolute atomic E-state index is 0.00854. The molecule has 0 saturated heterocycles. The van der Waals surface area contributed by atoms with E-state index in [1.807, 2.05) is 0 Å². The molecule has 1 nitrogen and oxygen atoms in total. The molecule has 0 spiro atoms. The zero-order valence-electron chi connectivity index (χ0n) is 9.71. The van der Waals surface area contributed by atoms with Crippen molar-refractivity contribution in [2.75, 3.05) is 0 Å². The summed E-state index contributed by atoms with van der Waals surface area (Å²) in [5.41, 5.74) is 0.732. The first-order valence-corrected chi connectivity index (χ1v) is 6.71. The molecule has 1 unspecified atom stereocenters. The SMILES string of the molecule is OC(Cc1ccc(Br)cc1F)c1ccc(Cl)c(F)c1. The number of aliphatic hydroxyl groups excluding tert-OH is 1. The summed E-state index contributed by atoms with van der Waals surface area (Å²) in [5.74, 6) is -1.02. The first kappa shape index (κ1) is 14.4. The fourth-order valence-electron chi connectivity index (χ4n) is 1.73. The molecule has 2 aromatic carbocycles. The number of halogens is 4. The molecule has 0 fully saturated rings. The van der Waals surface area contributed by atoms with E-state index >= 15 is 0 Å². The van der Waals surface area contributed by atoms with Gasteiger partial charge in [-0.3, -0.25) is 0 Å². The summed E-state index contributed by atoms with van der Waals surface area (Å²) < 4.78 is 27.5. The number of benzene rings is 2. The van der Waals surface area contributed by atoms with Crippen LogP contribution in [0.5, 0.6) is 0 Å². The van der Waals surface area contributed by atoms with Gasteiger partial charge in [0.25, 0.3) is 0 Å². The second-order valence-electron chi connectivity index (χ2n) is 4.13. The van der Waals surface area contributed by atoms with Crippen molar-refractivity contribution in [3.8, 4) is 0 Å². The summed E-state index contributed by atoms with van der Waals surface area (Å²) in [4.78, 5) is 0. The van der Waals surface area contributed by atoms with Gasteiger partial charge >= 0.3 is 0 Å². The highest BCUT2D eigenvalue weighted by Gasteiger charge is 2.13. The van der Waals surface area contributed by atoms with Crippen LogP contribution in [0.1, 0.15) is 17.2 Å². The van der Waals surface area contributed by atoms with Crippen molar-refractivity contribution in [1.82, 2.24) is 0 Å². The summed E-state index contributed by atoms with van der Waals surface area (Å²) in [6.07, 6.45) is -0.914. The fraction of sp³-hybridized carbons (Fsp3) is 0.143. The first-order chi connectivity index (χ1) is 8.97. The topological polar surface area (TPSA) is 20.2 Å². The lowest BCUT2D eigenvalue weighted by atomic mass is 10.0. The summed E-state index contributed by atoms with van der Waals surface area (Å²) in [6.45, 7) is 0. The van der Waals surface area contributed by atoms with Crippen LogP contribution in [0, 0.1) is 11.6 Å². The first-order valence-electron chi connectivity index (χ1n) is 5.54. The molecule has 0 aliphatic carbocycles.